The molecule has 9 nitrogen and oxygen atoms in total. The molecule has 9 heteroatoms. The Bertz CT molecular complexity index is 872. The lowest BCUT2D eigenvalue weighted by Gasteiger charge is -2.34. The lowest BCUT2D eigenvalue weighted by atomic mass is 10.2. The van der Waals surface area contributed by atoms with Crippen LogP contribution in [0, 0.1) is 0 Å². The van der Waals surface area contributed by atoms with E-state index in [-0.39, 0.29) is 30.8 Å². The van der Waals surface area contributed by atoms with Crippen LogP contribution in [-0.4, -0.2) is 95.5 Å². The number of nitrogens with zero attached hydrogens (tertiary/aromatic N) is 4. The van der Waals surface area contributed by atoms with Gasteiger partial charge in [-0.25, -0.2) is 0 Å². The van der Waals surface area contributed by atoms with Gasteiger partial charge in [-0.15, -0.1) is 0 Å². The topological polar surface area (TPSA) is 102 Å². The van der Waals surface area contributed by atoms with Crippen LogP contribution in [0.15, 0.2) is 24.3 Å². The summed E-state index contributed by atoms with van der Waals surface area (Å²) in [5.41, 5.74) is 1.27. The maximum Gasteiger partial charge on any atom is 0.275 e. The van der Waals surface area contributed by atoms with Crippen LogP contribution in [0.3, 0.4) is 0 Å². The molecule has 0 unspecified atom stereocenters. The second-order valence-corrected chi connectivity index (χ2v) is 7.29. The molecule has 1 aromatic heterocycles. The molecular weight excluding hydrogens is 372 g/mol. The highest BCUT2D eigenvalue weighted by atomic mass is 16.2. The molecule has 3 amide bonds. The molecule has 0 atom stereocenters. The Labute approximate surface area is 170 Å². The van der Waals surface area contributed by atoms with E-state index >= 15 is 0 Å². The molecule has 1 saturated heterocycles. The fraction of sp³-hybridized carbons (Fsp3) is 0.500. The Morgan fingerprint density at radius 2 is 1.90 bits per heavy atom. The van der Waals surface area contributed by atoms with Crippen LogP contribution in [0.2, 0.25) is 0 Å². The quantitative estimate of drug-likeness (QED) is 0.696. The SMILES string of the molecule is CCCNC(=O)CN(C)C(=O)CN1CCN(C(=O)c2n[nH]c3ccccc23)CC1. The summed E-state index contributed by atoms with van der Waals surface area (Å²) in [5, 5.41) is 10.7. The normalized spacial score (nSPS) is 14.8. The van der Waals surface area contributed by atoms with E-state index in [1.165, 1.54) is 4.90 Å². The number of hydrogen-bond donors (Lipinski definition) is 2. The van der Waals surface area contributed by atoms with Gasteiger partial charge < -0.3 is 15.1 Å². The van der Waals surface area contributed by atoms with Gasteiger partial charge in [0.1, 0.15) is 0 Å². The van der Waals surface area contributed by atoms with Crippen molar-refractivity contribution in [1.82, 2.24) is 30.2 Å². The number of H-pyrrole nitrogens is 1. The molecule has 0 aliphatic carbocycles. The average molecular weight is 400 g/mol. The van der Waals surface area contributed by atoms with Gasteiger partial charge in [0.15, 0.2) is 5.69 Å². The van der Waals surface area contributed by atoms with Crippen molar-refractivity contribution < 1.29 is 14.4 Å². The zero-order chi connectivity index (χ0) is 20.8. The predicted octanol–water partition coefficient (Wildman–Crippen LogP) is 0.305. The minimum atomic E-state index is -0.149. The Balaban J connectivity index is 1.48. The number of likely N-dealkylation sites (N-methyl/N-ethyl adjacent to an activating group) is 1. The van der Waals surface area contributed by atoms with E-state index in [2.05, 4.69) is 15.5 Å². The van der Waals surface area contributed by atoms with E-state index in [0.717, 1.165) is 17.3 Å². The first-order valence-corrected chi connectivity index (χ1v) is 9.95. The Kier molecular flexibility index (Phi) is 6.82. The summed E-state index contributed by atoms with van der Waals surface area (Å²) in [6.45, 7) is 5.18. The fourth-order valence-electron chi connectivity index (χ4n) is 3.32. The molecular formula is C20H28N6O3. The lowest BCUT2D eigenvalue weighted by molar-refractivity contribution is -0.135. The van der Waals surface area contributed by atoms with Crippen molar-refractivity contribution in [3.63, 3.8) is 0 Å². The minimum absolute atomic E-state index is 0.0590. The van der Waals surface area contributed by atoms with Gasteiger partial charge >= 0.3 is 0 Å². The number of benzene rings is 1. The number of aromatic amines is 1. The molecule has 1 aliphatic heterocycles. The van der Waals surface area contributed by atoms with Crippen molar-refractivity contribution in [3.05, 3.63) is 30.0 Å². The largest absolute Gasteiger partial charge is 0.355 e. The first-order valence-electron chi connectivity index (χ1n) is 9.95. The molecule has 1 aliphatic rings. The van der Waals surface area contributed by atoms with Crippen LogP contribution in [0.4, 0.5) is 0 Å². The lowest BCUT2D eigenvalue weighted by Crippen LogP contribution is -2.52. The number of piperazine rings is 1. The van der Waals surface area contributed by atoms with Gasteiger partial charge in [0, 0.05) is 45.2 Å². The molecule has 3 rings (SSSR count). The van der Waals surface area contributed by atoms with Crippen LogP contribution in [0.1, 0.15) is 23.8 Å². The zero-order valence-corrected chi connectivity index (χ0v) is 17.0. The summed E-state index contributed by atoms with van der Waals surface area (Å²) < 4.78 is 0. The van der Waals surface area contributed by atoms with Gasteiger partial charge in [-0.1, -0.05) is 25.1 Å². The van der Waals surface area contributed by atoms with Crippen molar-refractivity contribution in [2.45, 2.75) is 13.3 Å². The first-order chi connectivity index (χ1) is 14.0. The van der Waals surface area contributed by atoms with E-state index in [4.69, 9.17) is 0 Å². The number of fused-ring (bicyclic) bond motifs is 1. The zero-order valence-electron chi connectivity index (χ0n) is 17.0. The van der Waals surface area contributed by atoms with Gasteiger partial charge in [-0.2, -0.15) is 5.10 Å². The number of hydrogen-bond acceptors (Lipinski definition) is 5. The number of aromatic nitrogens is 2. The number of carbonyl (C=O) groups excluding carboxylic acids is 3. The molecule has 156 valence electrons. The van der Waals surface area contributed by atoms with Crippen molar-refractivity contribution in [2.75, 3.05) is 52.9 Å². The van der Waals surface area contributed by atoms with Gasteiger partial charge in [0.05, 0.1) is 18.6 Å². The Morgan fingerprint density at radius 3 is 2.62 bits per heavy atom. The monoisotopic (exact) mass is 400 g/mol. The number of amides is 3. The molecule has 0 spiro atoms. The summed E-state index contributed by atoms with van der Waals surface area (Å²) in [5.74, 6) is -0.350. The van der Waals surface area contributed by atoms with Crippen molar-refractivity contribution in [3.8, 4) is 0 Å². The summed E-state index contributed by atoms with van der Waals surface area (Å²) in [6.07, 6.45) is 0.862. The average Bonchev–Trinajstić information content (AvgIpc) is 3.16. The van der Waals surface area contributed by atoms with E-state index < -0.39 is 0 Å². The smallest absolute Gasteiger partial charge is 0.275 e. The van der Waals surface area contributed by atoms with Crippen molar-refractivity contribution in [2.24, 2.45) is 0 Å². The van der Waals surface area contributed by atoms with Crippen LogP contribution in [0.5, 0.6) is 0 Å². The molecule has 1 aromatic carbocycles. The molecule has 1 fully saturated rings. The highest BCUT2D eigenvalue weighted by molar-refractivity contribution is 6.04. The second kappa shape index (κ2) is 9.51. The van der Waals surface area contributed by atoms with Crippen LogP contribution in [-0.2, 0) is 9.59 Å². The van der Waals surface area contributed by atoms with Crippen LogP contribution >= 0.6 is 0 Å². The molecule has 2 heterocycles. The second-order valence-electron chi connectivity index (χ2n) is 7.29. The molecule has 0 radical (unpaired) electrons. The summed E-state index contributed by atoms with van der Waals surface area (Å²) >= 11 is 0. The summed E-state index contributed by atoms with van der Waals surface area (Å²) in [6, 6.07) is 7.56. The van der Waals surface area contributed by atoms with Gasteiger partial charge in [-0.3, -0.25) is 24.4 Å². The summed E-state index contributed by atoms with van der Waals surface area (Å²) in [4.78, 5) is 42.2. The molecule has 29 heavy (non-hydrogen) atoms. The van der Waals surface area contributed by atoms with E-state index in [0.29, 0.717) is 38.4 Å². The molecule has 0 saturated carbocycles. The highest BCUT2D eigenvalue weighted by Crippen LogP contribution is 2.17. The third kappa shape index (κ3) is 5.11. The first kappa shape index (κ1) is 20.8. The van der Waals surface area contributed by atoms with E-state index in [1.807, 2.05) is 36.1 Å². The highest BCUT2D eigenvalue weighted by Gasteiger charge is 2.26. The standard InChI is InChI=1S/C20H28N6O3/c1-3-8-21-17(27)13-24(2)18(28)14-25-9-11-26(12-10-25)20(29)19-15-6-4-5-7-16(15)22-23-19/h4-7H,3,8-14H2,1-2H3,(H,21,27)(H,22,23). The number of rotatable bonds is 7. The number of nitrogens with one attached hydrogen (secondary N) is 2. The maximum absolute atomic E-state index is 12.8. The van der Waals surface area contributed by atoms with Crippen LogP contribution in [0.25, 0.3) is 10.9 Å². The van der Waals surface area contributed by atoms with Gasteiger partial charge in [0.25, 0.3) is 5.91 Å². The third-order valence-electron chi connectivity index (χ3n) is 5.07. The minimum Gasteiger partial charge on any atom is -0.355 e. The van der Waals surface area contributed by atoms with Crippen LogP contribution < -0.4 is 5.32 Å². The van der Waals surface area contributed by atoms with E-state index in [1.54, 1.807) is 11.9 Å². The molecule has 2 aromatic rings. The fourth-order valence-corrected chi connectivity index (χ4v) is 3.32. The van der Waals surface area contributed by atoms with Crippen molar-refractivity contribution >= 4 is 28.6 Å². The maximum atomic E-state index is 12.8. The van der Waals surface area contributed by atoms with Crippen molar-refractivity contribution in [1.29, 1.82) is 0 Å². The van der Waals surface area contributed by atoms with Gasteiger partial charge in [-0.05, 0) is 12.5 Å². The molecule has 2 N–H and O–H groups in total. The third-order valence-corrected chi connectivity index (χ3v) is 5.07. The molecule has 0 bridgehead atoms. The number of carbonyl (C=O) groups is 3. The Morgan fingerprint density at radius 1 is 1.17 bits per heavy atom. The number of para-hydroxylation sites is 1. The van der Waals surface area contributed by atoms with E-state index in [9.17, 15) is 14.4 Å². The summed E-state index contributed by atoms with van der Waals surface area (Å²) in [7, 11) is 1.64. The predicted molar refractivity (Wildman–Crippen MR) is 109 cm³/mol. The van der Waals surface area contributed by atoms with Gasteiger partial charge in [0.2, 0.25) is 11.8 Å². The Hall–Kier alpha value is -2.94.